The SMILES string of the molecule is C=C(Cl)C(=O)N1CCN(c2c(C#N)c(OC[C@@H]3CCCN3C)nc3c2CCN(c2c(C)ccc4[nH]ncc24)C3)CC1. The number of halogens is 1. The molecule has 3 aliphatic rings. The van der Waals surface area contributed by atoms with Gasteiger partial charge >= 0.3 is 0 Å². The lowest BCUT2D eigenvalue weighted by Gasteiger charge is -2.39. The third kappa shape index (κ3) is 5.09. The molecular formula is C30H35ClN8O2. The number of amides is 1. The van der Waals surface area contributed by atoms with Gasteiger partial charge in [0.25, 0.3) is 5.91 Å². The van der Waals surface area contributed by atoms with Crippen molar-refractivity contribution in [1.29, 1.82) is 5.26 Å². The van der Waals surface area contributed by atoms with Gasteiger partial charge in [0.2, 0.25) is 5.88 Å². The maximum absolute atomic E-state index is 12.4. The number of nitriles is 1. The lowest BCUT2D eigenvalue weighted by atomic mass is 9.97. The number of nitrogens with zero attached hydrogens (tertiary/aromatic N) is 7. The molecule has 11 heteroatoms. The maximum atomic E-state index is 12.4. The predicted molar refractivity (Wildman–Crippen MR) is 159 cm³/mol. The van der Waals surface area contributed by atoms with Crippen LogP contribution in [0.3, 0.4) is 0 Å². The molecule has 214 valence electrons. The number of hydrogen-bond donors (Lipinski definition) is 1. The summed E-state index contributed by atoms with van der Waals surface area (Å²) in [4.78, 5) is 26.1. The van der Waals surface area contributed by atoms with Crippen LogP contribution in [0.1, 0.15) is 35.2 Å². The number of carbonyl (C=O) groups excluding carboxylic acids is 1. The van der Waals surface area contributed by atoms with Crippen molar-refractivity contribution < 1.29 is 9.53 Å². The van der Waals surface area contributed by atoms with Crippen molar-refractivity contribution in [1.82, 2.24) is 25.0 Å². The van der Waals surface area contributed by atoms with E-state index in [-0.39, 0.29) is 10.9 Å². The largest absolute Gasteiger partial charge is 0.475 e. The van der Waals surface area contributed by atoms with Gasteiger partial charge in [-0.05, 0) is 51.4 Å². The summed E-state index contributed by atoms with van der Waals surface area (Å²) in [6, 6.07) is 6.92. The van der Waals surface area contributed by atoms with E-state index in [9.17, 15) is 10.1 Å². The number of H-pyrrole nitrogens is 1. The Bertz CT molecular complexity index is 1540. The average molecular weight is 575 g/mol. The Morgan fingerprint density at radius 1 is 1.20 bits per heavy atom. The first-order chi connectivity index (χ1) is 19.9. The molecule has 0 saturated carbocycles. The van der Waals surface area contributed by atoms with Crippen molar-refractivity contribution in [2.45, 2.75) is 38.8 Å². The number of likely N-dealkylation sites (tertiary alicyclic amines) is 1. The fraction of sp³-hybridized carbons (Fsp3) is 0.467. The summed E-state index contributed by atoms with van der Waals surface area (Å²) in [7, 11) is 2.12. The molecule has 0 aliphatic carbocycles. The van der Waals surface area contributed by atoms with E-state index in [0.29, 0.717) is 56.8 Å². The molecule has 0 unspecified atom stereocenters. The topological polar surface area (TPSA) is 105 Å². The zero-order valence-electron chi connectivity index (χ0n) is 23.6. The van der Waals surface area contributed by atoms with Crippen molar-refractivity contribution >= 4 is 39.8 Å². The van der Waals surface area contributed by atoms with Gasteiger partial charge in [-0.2, -0.15) is 10.4 Å². The molecule has 5 heterocycles. The number of aromatic amines is 1. The molecule has 10 nitrogen and oxygen atoms in total. The molecule has 1 aromatic carbocycles. The lowest BCUT2D eigenvalue weighted by molar-refractivity contribution is -0.126. The summed E-state index contributed by atoms with van der Waals surface area (Å²) in [6.45, 7) is 10.8. The van der Waals surface area contributed by atoms with E-state index in [1.54, 1.807) is 4.90 Å². The van der Waals surface area contributed by atoms with Crippen LogP contribution in [-0.4, -0.2) is 89.9 Å². The van der Waals surface area contributed by atoms with Crippen LogP contribution in [0.25, 0.3) is 10.9 Å². The van der Waals surface area contributed by atoms with E-state index in [4.69, 9.17) is 21.3 Å². The highest BCUT2D eigenvalue weighted by molar-refractivity contribution is 6.41. The van der Waals surface area contributed by atoms with Crippen LogP contribution in [0.15, 0.2) is 29.9 Å². The fourth-order valence-electron chi connectivity index (χ4n) is 6.48. The molecule has 1 atom stereocenters. The third-order valence-corrected chi connectivity index (χ3v) is 8.88. The van der Waals surface area contributed by atoms with Crippen LogP contribution < -0.4 is 14.5 Å². The smallest absolute Gasteiger partial charge is 0.264 e. The van der Waals surface area contributed by atoms with Crippen molar-refractivity contribution in [3.63, 3.8) is 0 Å². The van der Waals surface area contributed by atoms with E-state index >= 15 is 0 Å². The van der Waals surface area contributed by atoms with Crippen LogP contribution in [0.5, 0.6) is 5.88 Å². The summed E-state index contributed by atoms with van der Waals surface area (Å²) < 4.78 is 6.36. The number of ether oxygens (including phenoxy) is 1. The number of aromatic nitrogens is 3. The number of benzene rings is 1. The molecule has 0 bridgehead atoms. The van der Waals surface area contributed by atoms with Crippen molar-refractivity contribution in [3.8, 4) is 11.9 Å². The molecule has 0 spiro atoms. The van der Waals surface area contributed by atoms with E-state index in [1.165, 1.54) is 5.56 Å². The molecule has 41 heavy (non-hydrogen) atoms. The average Bonchev–Trinajstić information content (AvgIpc) is 3.63. The maximum Gasteiger partial charge on any atom is 0.264 e. The van der Waals surface area contributed by atoms with Gasteiger partial charge < -0.3 is 24.3 Å². The van der Waals surface area contributed by atoms with Crippen molar-refractivity contribution in [2.24, 2.45) is 0 Å². The van der Waals surface area contributed by atoms with E-state index in [1.807, 2.05) is 6.20 Å². The molecule has 2 aromatic heterocycles. The van der Waals surface area contributed by atoms with Crippen LogP contribution in [0, 0.1) is 18.3 Å². The third-order valence-electron chi connectivity index (χ3n) is 8.72. The number of fused-ring (bicyclic) bond motifs is 2. The highest BCUT2D eigenvalue weighted by Gasteiger charge is 2.33. The molecule has 1 N–H and O–H groups in total. The summed E-state index contributed by atoms with van der Waals surface area (Å²) in [5.41, 5.74) is 6.71. The standard InChI is InChI=1S/C30H35ClN8O2/c1-19-6-7-25-24(16-33-35-25)27(19)39-10-8-22-26(17-39)34-29(41-18-21-5-4-9-36(21)3)23(15-32)28(22)37-11-13-38(14-12-37)30(40)20(2)31/h6-7,16,21H,2,4-5,8-14,17-18H2,1,3H3,(H,33,35)/t21-/m0/s1. The summed E-state index contributed by atoms with van der Waals surface area (Å²) >= 11 is 5.90. The van der Waals surface area contributed by atoms with Crippen LogP contribution >= 0.6 is 11.6 Å². The fourth-order valence-corrected chi connectivity index (χ4v) is 6.60. The summed E-state index contributed by atoms with van der Waals surface area (Å²) in [5, 5.41) is 18.9. The Hall–Kier alpha value is -3.81. The molecule has 2 fully saturated rings. The number of anilines is 2. The lowest BCUT2D eigenvalue weighted by Crippen LogP contribution is -2.49. The van der Waals surface area contributed by atoms with Gasteiger partial charge in [-0.3, -0.25) is 9.89 Å². The zero-order valence-corrected chi connectivity index (χ0v) is 24.4. The number of carbonyl (C=O) groups is 1. The van der Waals surface area contributed by atoms with Gasteiger partial charge in [0.05, 0.1) is 40.4 Å². The van der Waals surface area contributed by atoms with Crippen LogP contribution in [0.2, 0.25) is 0 Å². The second kappa shape index (κ2) is 11.2. The van der Waals surface area contributed by atoms with Crippen LogP contribution in [-0.2, 0) is 17.8 Å². The molecular weight excluding hydrogens is 540 g/mol. The first-order valence-electron chi connectivity index (χ1n) is 14.2. The molecule has 3 aliphatic heterocycles. The van der Waals surface area contributed by atoms with Crippen molar-refractivity contribution in [2.75, 3.05) is 62.7 Å². The molecule has 2 saturated heterocycles. The Morgan fingerprint density at radius 2 is 2.00 bits per heavy atom. The van der Waals surface area contributed by atoms with Gasteiger partial charge in [-0.1, -0.05) is 24.2 Å². The first-order valence-corrected chi connectivity index (χ1v) is 14.6. The molecule has 3 aromatic rings. The van der Waals surface area contributed by atoms with Gasteiger partial charge in [-0.15, -0.1) is 0 Å². The Morgan fingerprint density at radius 3 is 2.71 bits per heavy atom. The van der Waals surface area contributed by atoms with Gasteiger partial charge in [0.15, 0.2) is 0 Å². The molecule has 6 rings (SSSR count). The van der Waals surface area contributed by atoms with E-state index in [2.05, 4.69) is 63.6 Å². The first kappa shape index (κ1) is 27.4. The Kier molecular flexibility index (Phi) is 7.49. The molecule has 0 radical (unpaired) electrons. The summed E-state index contributed by atoms with van der Waals surface area (Å²) in [6.07, 6.45) is 4.83. The minimum Gasteiger partial charge on any atom is -0.475 e. The number of hydrogen-bond acceptors (Lipinski definition) is 8. The number of rotatable bonds is 6. The Balaban J connectivity index is 1.36. The monoisotopic (exact) mass is 574 g/mol. The predicted octanol–water partition coefficient (Wildman–Crippen LogP) is 3.57. The zero-order chi connectivity index (χ0) is 28.7. The second-order valence-corrected chi connectivity index (χ2v) is 11.6. The number of likely N-dealkylation sites (N-methyl/N-ethyl adjacent to an activating group) is 1. The van der Waals surface area contributed by atoms with Gasteiger partial charge in [0, 0.05) is 49.7 Å². The highest BCUT2D eigenvalue weighted by Crippen LogP contribution is 2.39. The van der Waals surface area contributed by atoms with Crippen LogP contribution in [0.4, 0.5) is 11.4 Å². The van der Waals surface area contributed by atoms with Gasteiger partial charge in [-0.25, -0.2) is 4.98 Å². The second-order valence-electron chi connectivity index (χ2n) is 11.2. The van der Waals surface area contributed by atoms with E-state index in [0.717, 1.165) is 65.9 Å². The normalized spacial score (nSPS) is 19.4. The highest BCUT2D eigenvalue weighted by atomic mass is 35.5. The minimum atomic E-state index is -0.243. The minimum absolute atomic E-state index is 0.0213. The number of nitrogens with one attached hydrogen (secondary N) is 1. The quantitative estimate of drug-likeness (QED) is 0.446. The van der Waals surface area contributed by atoms with Gasteiger partial charge in [0.1, 0.15) is 18.2 Å². The Labute approximate surface area is 245 Å². The number of piperazine rings is 1. The van der Waals surface area contributed by atoms with E-state index < -0.39 is 0 Å². The number of aryl methyl sites for hydroxylation is 1. The molecule has 1 amide bonds. The number of pyridine rings is 1. The summed E-state index contributed by atoms with van der Waals surface area (Å²) in [5.74, 6) is 0.155. The van der Waals surface area contributed by atoms with Crippen molar-refractivity contribution in [3.05, 3.63) is 52.3 Å².